The van der Waals surface area contributed by atoms with Crippen molar-refractivity contribution < 1.29 is 232 Å². The molecule has 844 valence electrons. The van der Waals surface area contributed by atoms with Gasteiger partial charge in [-0.25, -0.2) is 0 Å². The van der Waals surface area contributed by atoms with Crippen LogP contribution in [0.4, 0.5) is 0 Å². The smallest absolute Gasteiger partial charge is 0.220 e. The third kappa shape index (κ3) is 34.2. The Morgan fingerprint density at radius 2 is 0.566 bits per heavy atom. The number of rotatable bonds is 59. The lowest BCUT2D eigenvalue weighted by Gasteiger charge is -2.52. The molecule has 4 amide bonds. The van der Waals surface area contributed by atoms with Gasteiger partial charge in [0.2, 0.25) is 23.6 Å². The summed E-state index contributed by atoms with van der Waals surface area (Å²) in [6, 6.07) is -6.94. The van der Waals surface area contributed by atoms with Crippen LogP contribution in [0.2, 0.25) is 0 Å². The van der Waals surface area contributed by atoms with Crippen LogP contribution in [0, 0.1) is 0 Å². The molecule has 9 aliphatic rings. The van der Waals surface area contributed by atoms with Crippen LogP contribution < -0.4 is 21.3 Å². The Bertz CT molecular complexity index is 3690. The molecule has 0 bridgehead atoms. The number of amides is 4. The van der Waals surface area contributed by atoms with Crippen LogP contribution in [0.3, 0.4) is 0 Å². The molecule has 9 rings (SSSR count). The third-order valence-corrected chi connectivity index (χ3v) is 27.9. The monoisotopic (exact) mass is 2100 g/mol. The topological polar surface area (TPSA) is 788 Å². The minimum Gasteiger partial charge on any atom is -0.394 e. The van der Waals surface area contributed by atoms with Gasteiger partial charge in [0.15, 0.2) is 56.6 Å². The highest BCUT2D eigenvalue weighted by atomic mass is 16.8. The molecule has 0 aromatic rings. The lowest BCUT2D eigenvalue weighted by atomic mass is 9.93. The van der Waals surface area contributed by atoms with Gasteiger partial charge >= 0.3 is 0 Å². The molecular formula is C94H166N4O47. The molecule has 9 heterocycles. The van der Waals surface area contributed by atoms with Crippen LogP contribution in [-0.2, 0) is 104 Å². The standard InChI is InChI=1S/C94H166N4O47/c1-7-9-11-13-15-17-19-21-23-25-27-29-31-33-49(110)48(98-58(111)34-32-30-28-26-24-22-20-18-16-14-12-10-8-2)43-128-89-74(124)71(121)80(56(41-105)137-89)140-94-76(126)84(65(115)52(37-101)133-94)144-87-60(96-46(5)108)67(117)78(54(39-103)135-87)138-92-75(125)83(64(114)51(36-100)131-92)143-86-59(95-45(4)107)68(118)79(55(40-104)134-86)139-93-77(127)85(66(116)53(38-102)132-93)145-88-61(97-47(6)109)82(142-90-72(122)69(119)62(112)44(3)129-90)81(57(42-106)136-88)141-91-73(123)70(120)63(113)50(35-99)130-91/h31,33,44,48-57,59-94,99-106,110,112-127H,7-30,32,34-43H2,1-6H3,(H,95,107)(H,96,108)(H,97,109)(H,98,111)/b33-31+/t44?,48-,49+,50?,51?,52?,53?,54?,55?,56?,57?,59?,60?,61?,62+,63-,64-,65-,66-,67+,68+,69?,70-,71+,72-,73?,74?,75?,76?,77?,78+,79+,80+,81+,82+,83-,84-,85-,86-,87-,88-,89+,90+,91-,92-,93-,94-/m0/s1. The van der Waals surface area contributed by atoms with Crippen LogP contribution >= 0.6 is 0 Å². The highest BCUT2D eigenvalue weighted by molar-refractivity contribution is 5.76. The van der Waals surface area contributed by atoms with E-state index < -0.39 is 365 Å². The number of hydrogen-bond donors (Lipinski definition) is 29. The van der Waals surface area contributed by atoms with E-state index in [4.69, 9.17) is 85.3 Å². The predicted molar refractivity (Wildman–Crippen MR) is 493 cm³/mol. The summed E-state index contributed by atoms with van der Waals surface area (Å²) in [7, 11) is 0. The minimum absolute atomic E-state index is 0.146. The molecule has 0 aliphatic carbocycles. The number of ether oxygens (including phenoxy) is 18. The zero-order valence-electron chi connectivity index (χ0n) is 83.2. The number of aliphatic hydroxyl groups excluding tert-OH is 25. The number of aliphatic hydroxyl groups is 25. The second-order valence-corrected chi connectivity index (χ2v) is 39.1. The van der Waals surface area contributed by atoms with Crippen molar-refractivity contribution in [3.63, 3.8) is 0 Å². The van der Waals surface area contributed by atoms with E-state index in [1.165, 1.54) is 96.8 Å². The Balaban J connectivity index is 0.859. The molecule has 0 saturated carbocycles. The zero-order valence-corrected chi connectivity index (χ0v) is 83.2. The number of unbranched alkanes of at least 4 members (excludes halogenated alkanes) is 23. The molecule has 9 saturated heterocycles. The van der Waals surface area contributed by atoms with Gasteiger partial charge in [0, 0.05) is 27.2 Å². The zero-order chi connectivity index (χ0) is 106. The van der Waals surface area contributed by atoms with Crippen molar-refractivity contribution in [2.24, 2.45) is 0 Å². The highest BCUT2D eigenvalue weighted by Crippen LogP contribution is 2.42. The van der Waals surface area contributed by atoms with E-state index in [1.54, 1.807) is 6.08 Å². The van der Waals surface area contributed by atoms with Gasteiger partial charge in [0.25, 0.3) is 0 Å². The summed E-state index contributed by atoms with van der Waals surface area (Å²) in [4.78, 5) is 53.3. The molecule has 0 radical (unpaired) electrons. The Hall–Kier alpha value is -4.10. The number of hydrogen-bond acceptors (Lipinski definition) is 47. The number of nitrogens with one attached hydrogen (secondary N) is 4. The van der Waals surface area contributed by atoms with E-state index in [9.17, 15) is 147 Å². The van der Waals surface area contributed by atoms with Crippen molar-refractivity contribution in [2.75, 3.05) is 59.5 Å². The van der Waals surface area contributed by atoms with E-state index in [0.29, 0.717) is 12.8 Å². The molecule has 9 aliphatic heterocycles. The van der Waals surface area contributed by atoms with E-state index >= 15 is 0 Å². The Morgan fingerprint density at radius 3 is 0.945 bits per heavy atom. The molecule has 51 nitrogen and oxygen atoms in total. The number of carbonyl (C=O) groups excluding carboxylic acids is 4. The largest absolute Gasteiger partial charge is 0.394 e. The molecule has 0 aromatic heterocycles. The third-order valence-electron chi connectivity index (χ3n) is 27.9. The predicted octanol–water partition coefficient (Wildman–Crippen LogP) is -8.56. The summed E-state index contributed by atoms with van der Waals surface area (Å²) in [6.07, 6.45) is -55.3. The quantitative estimate of drug-likeness (QED) is 0.0199. The van der Waals surface area contributed by atoms with Crippen LogP contribution in [0.25, 0.3) is 0 Å². The molecule has 0 spiro atoms. The minimum atomic E-state index is -2.40. The fourth-order valence-electron chi connectivity index (χ4n) is 19.5. The van der Waals surface area contributed by atoms with Crippen molar-refractivity contribution in [1.29, 1.82) is 0 Å². The van der Waals surface area contributed by atoms with Gasteiger partial charge in [-0.2, -0.15) is 0 Å². The van der Waals surface area contributed by atoms with Crippen LogP contribution in [-0.4, -0.2) is 499 Å². The second kappa shape index (κ2) is 62.4. The molecule has 0 aromatic carbocycles. The summed E-state index contributed by atoms with van der Waals surface area (Å²) in [5.41, 5.74) is 0. The van der Waals surface area contributed by atoms with Crippen molar-refractivity contribution in [3.8, 4) is 0 Å². The van der Waals surface area contributed by atoms with Crippen molar-refractivity contribution in [1.82, 2.24) is 21.3 Å². The highest BCUT2D eigenvalue weighted by Gasteiger charge is 2.62. The Morgan fingerprint density at radius 1 is 0.283 bits per heavy atom. The van der Waals surface area contributed by atoms with E-state index in [1.807, 2.05) is 6.08 Å². The summed E-state index contributed by atoms with van der Waals surface area (Å²) in [6.45, 7) is -0.753. The first-order valence-corrected chi connectivity index (χ1v) is 51.4. The average Bonchev–Trinajstić information content (AvgIpc) is 0.753. The summed E-state index contributed by atoms with van der Waals surface area (Å²) < 4.78 is 108. The number of carbonyl (C=O) groups is 4. The van der Waals surface area contributed by atoms with Crippen molar-refractivity contribution >= 4 is 23.6 Å². The van der Waals surface area contributed by atoms with Crippen molar-refractivity contribution in [2.45, 2.75) is 497 Å². The molecule has 9 fully saturated rings. The summed E-state index contributed by atoms with van der Waals surface area (Å²) in [5, 5.41) is 294. The molecule has 18 unspecified atom stereocenters. The molecule has 47 atom stereocenters. The molecule has 51 heteroatoms. The maximum atomic E-state index is 13.6. The first-order chi connectivity index (χ1) is 69.4. The second-order valence-electron chi connectivity index (χ2n) is 39.1. The fourth-order valence-corrected chi connectivity index (χ4v) is 19.5. The van der Waals surface area contributed by atoms with Gasteiger partial charge in [-0.15, -0.1) is 0 Å². The van der Waals surface area contributed by atoms with Crippen LogP contribution in [0.1, 0.15) is 208 Å². The maximum Gasteiger partial charge on any atom is 0.220 e. The van der Waals surface area contributed by atoms with E-state index in [2.05, 4.69) is 35.1 Å². The van der Waals surface area contributed by atoms with Gasteiger partial charge in [-0.1, -0.05) is 167 Å². The van der Waals surface area contributed by atoms with Gasteiger partial charge in [-0.3, -0.25) is 19.2 Å². The number of allylic oxidation sites excluding steroid dienone is 1. The lowest BCUT2D eigenvalue weighted by Crippen LogP contribution is -2.71. The SMILES string of the molecule is CCCCCCCCCCCCC/C=C/[C@@H](O)[C@H](CO[C@@H]1OC(CO)[C@@H](O[C@@H]2OC(CO)[C@H](O)[C@H](O[C@@H]3OC(CO)[C@@H](O[C@@H]4OC(CO)[C@H](O)[C@H](O[C@@H]5OC(CO)[C@@H](O[C@@H]6OC(CO)[C@H](O)[C@H](O[C@@H]7OC(CO)[C@@H](O[C@@H]8OC(CO)[C@H](O)[C@H](O)C8O)[C@H](O[C@H]8OC(C)[C@@H](O)C(O)[C@@H]8O)C7NC(C)=O)C6O)[C@H](O)C5NC(C)=O)C4O)[C@H](O)C3NC(C)=O)C2O)[C@H](O)C1O)NC(=O)CCCCCCCCCCCCCCC. The molecule has 29 N–H and O–H groups in total. The summed E-state index contributed by atoms with van der Waals surface area (Å²) >= 11 is 0. The summed E-state index contributed by atoms with van der Waals surface area (Å²) in [5.74, 6) is -3.21. The lowest BCUT2D eigenvalue weighted by molar-refractivity contribution is -0.394. The first-order valence-electron chi connectivity index (χ1n) is 51.4. The van der Waals surface area contributed by atoms with E-state index in [-0.39, 0.29) is 12.3 Å². The van der Waals surface area contributed by atoms with Gasteiger partial charge in [-0.05, 0) is 26.2 Å². The van der Waals surface area contributed by atoms with Crippen LogP contribution in [0.15, 0.2) is 12.2 Å². The molecule has 145 heavy (non-hydrogen) atoms. The first kappa shape index (κ1) is 124. The average molecular weight is 2100 g/mol. The maximum absolute atomic E-state index is 13.6. The normalized spacial score (nSPS) is 41.0. The Kier molecular flexibility index (Phi) is 53.6. The Labute approximate surface area is 842 Å². The fraction of sp³-hybridized carbons (Fsp3) is 0.936. The van der Waals surface area contributed by atoms with Crippen LogP contribution in [0.5, 0.6) is 0 Å². The molecular weight excluding hydrogens is 1940 g/mol. The van der Waals surface area contributed by atoms with Gasteiger partial charge in [0.05, 0.1) is 77.7 Å². The van der Waals surface area contributed by atoms with E-state index in [0.717, 1.165) is 78.6 Å². The van der Waals surface area contributed by atoms with Gasteiger partial charge in [0.1, 0.15) is 213 Å². The van der Waals surface area contributed by atoms with Gasteiger partial charge < -0.3 is 234 Å². The van der Waals surface area contributed by atoms with Crippen molar-refractivity contribution in [3.05, 3.63) is 12.2 Å².